The van der Waals surface area contributed by atoms with Crippen molar-refractivity contribution in [3.05, 3.63) is 65.5 Å². The first-order valence-electron chi connectivity index (χ1n) is 5.97. The molecule has 0 aliphatic rings. The van der Waals surface area contributed by atoms with Gasteiger partial charge in [-0.25, -0.2) is 4.39 Å². The van der Waals surface area contributed by atoms with Crippen molar-refractivity contribution in [2.75, 3.05) is 7.11 Å². The first-order chi connectivity index (χ1) is 9.20. The standard InChI is InChI=1S/C16H15FO2/c1-19-14-9-10-16(18)13(11-14)7-4-6-12-5-2-3-8-15(12)17/h2-6,8-11,18H,7H2,1H3. The largest absolute Gasteiger partial charge is 0.508 e. The fraction of sp³-hybridized carbons (Fsp3) is 0.125. The number of hydrogen-bond acceptors (Lipinski definition) is 2. The van der Waals surface area contributed by atoms with E-state index >= 15 is 0 Å². The molecule has 1 N–H and O–H groups in total. The van der Waals surface area contributed by atoms with Gasteiger partial charge in [-0.3, -0.25) is 0 Å². The molecule has 2 nitrogen and oxygen atoms in total. The van der Waals surface area contributed by atoms with E-state index in [1.54, 1.807) is 49.6 Å². The number of aromatic hydroxyl groups is 1. The van der Waals surface area contributed by atoms with E-state index in [4.69, 9.17) is 4.74 Å². The summed E-state index contributed by atoms with van der Waals surface area (Å²) in [5.41, 5.74) is 1.27. The average molecular weight is 258 g/mol. The molecular weight excluding hydrogens is 243 g/mol. The molecule has 2 aromatic carbocycles. The van der Waals surface area contributed by atoms with Gasteiger partial charge in [-0.05, 0) is 30.7 Å². The SMILES string of the molecule is COc1ccc(O)c(CC=Cc2ccccc2F)c1. The van der Waals surface area contributed by atoms with E-state index in [0.29, 0.717) is 17.7 Å². The van der Waals surface area contributed by atoms with E-state index in [2.05, 4.69) is 0 Å². The molecule has 0 atom stereocenters. The van der Waals surface area contributed by atoms with Crippen LogP contribution in [-0.2, 0) is 6.42 Å². The summed E-state index contributed by atoms with van der Waals surface area (Å²) >= 11 is 0. The Kier molecular flexibility index (Phi) is 4.18. The number of halogens is 1. The molecule has 19 heavy (non-hydrogen) atoms. The lowest BCUT2D eigenvalue weighted by atomic mass is 10.1. The lowest BCUT2D eigenvalue weighted by Crippen LogP contribution is -1.87. The van der Waals surface area contributed by atoms with Gasteiger partial charge in [0, 0.05) is 11.1 Å². The van der Waals surface area contributed by atoms with E-state index in [1.807, 2.05) is 6.08 Å². The highest BCUT2D eigenvalue weighted by Crippen LogP contribution is 2.23. The third-order valence-corrected chi connectivity index (χ3v) is 2.83. The maximum absolute atomic E-state index is 13.4. The number of ether oxygens (including phenoxy) is 1. The summed E-state index contributed by atoms with van der Waals surface area (Å²) < 4.78 is 18.5. The molecule has 98 valence electrons. The molecule has 3 heteroatoms. The Morgan fingerprint density at radius 3 is 2.74 bits per heavy atom. The zero-order valence-corrected chi connectivity index (χ0v) is 10.6. The summed E-state index contributed by atoms with van der Waals surface area (Å²) in [4.78, 5) is 0. The Balaban J connectivity index is 2.12. The lowest BCUT2D eigenvalue weighted by molar-refractivity contribution is 0.411. The Hall–Kier alpha value is -2.29. The van der Waals surface area contributed by atoms with Crippen LogP contribution in [0.15, 0.2) is 48.5 Å². The third kappa shape index (κ3) is 3.35. The van der Waals surface area contributed by atoms with Crippen LogP contribution in [0.1, 0.15) is 11.1 Å². The van der Waals surface area contributed by atoms with Crippen molar-refractivity contribution in [3.63, 3.8) is 0 Å². The zero-order valence-electron chi connectivity index (χ0n) is 10.6. The minimum absolute atomic E-state index is 0.207. The third-order valence-electron chi connectivity index (χ3n) is 2.83. The van der Waals surface area contributed by atoms with Crippen LogP contribution < -0.4 is 4.74 Å². The van der Waals surface area contributed by atoms with Crippen LogP contribution in [-0.4, -0.2) is 12.2 Å². The number of methoxy groups -OCH3 is 1. The van der Waals surface area contributed by atoms with Gasteiger partial charge in [-0.15, -0.1) is 0 Å². The number of hydrogen-bond donors (Lipinski definition) is 1. The summed E-state index contributed by atoms with van der Waals surface area (Å²) in [6, 6.07) is 11.6. The van der Waals surface area contributed by atoms with Gasteiger partial charge in [0.2, 0.25) is 0 Å². The van der Waals surface area contributed by atoms with E-state index in [9.17, 15) is 9.50 Å². The number of rotatable bonds is 4. The average Bonchev–Trinajstić information content (AvgIpc) is 2.43. The quantitative estimate of drug-likeness (QED) is 0.904. The molecule has 0 saturated carbocycles. The molecule has 0 aromatic heterocycles. The normalized spacial score (nSPS) is 10.8. The Morgan fingerprint density at radius 2 is 2.00 bits per heavy atom. The van der Waals surface area contributed by atoms with Crippen LogP contribution >= 0.6 is 0 Å². The Morgan fingerprint density at radius 1 is 1.21 bits per heavy atom. The molecule has 2 aromatic rings. The molecule has 0 fully saturated rings. The first-order valence-corrected chi connectivity index (χ1v) is 5.97. The maximum Gasteiger partial charge on any atom is 0.130 e. The van der Waals surface area contributed by atoms with Crippen molar-refractivity contribution in [3.8, 4) is 11.5 Å². The van der Waals surface area contributed by atoms with Gasteiger partial charge >= 0.3 is 0 Å². The summed E-state index contributed by atoms with van der Waals surface area (Å²) in [6.45, 7) is 0. The van der Waals surface area contributed by atoms with Crippen LogP contribution in [0, 0.1) is 5.82 Å². The van der Waals surface area contributed by atoms with E-state index in [1.165, 1.54) is 6.07 Å². The van der Waals surface area contributed by atoms with Crippen molar-refractivity contribution >= 4 is 6.08 Å². The summed E-state index contributed by atoms with van der Waals surface area (Å²) in [5, 5.41) is 9.72. The predicted octanol–water partition coefficient (Wildman–Crippen LogP) is 3.80. The van der Waals surface area contributed by atoms with Gasteiger partial charge in [0.25, 0.3) is 0 Å². The van der Waals surface area contributed by atoms with Gasteiger partial charge in [0.05, 0.1) is 7.11 Å². The Labute approximate surface area is 111 Å². The second kappa shape index (κ2) is 6.05. The van der Waals surface area contributed by atoms with Gasteiger partial charge in [0.15, 0.2) is 0 Å². The summed E-state index contributed by atoms with van der Waals surface area (Å²) in [5.74, 6) is 0.639. The van der Waals surface area contributed by atoms with Crippen molar-refractivity contribution in [2.24, 2.45) is 0 Å². The van der Waals surface area contributed by atoms with Crippen LogP contribution in [0.2, 0.25) is 0 Å². The molecule has 0 aliphatic carbocycles. The molecule has 0 bridgehead atoms. The van der Waals surface area contributed by atoms with E-state index < -0.39 is 0 Å². The highest BCUT2D eigenvalue weighted by Gasteiger charge is 2.01. The number of phenols is 1. The van der Waals surface area contributed by atoms with Crippen LogP contribution in [0.25, 0.3) is 6.08 Å². The lowest BCUT2D eigenvalue weighted by Gasteiger charge is -2.05. The smallest absolute Gasteiger partial charge is 0.130 e. The monoisotopic (exact) mass is 258 g/mol. The molecular formula is C16H15FO2. The molecule has 0 saturated heterocycles. The predicted molar refractivity (Wildman–Crippen MR) is 73.8 cm³/mol. The van der Waals surface area contributed by atoms with Crippen LogP contribution in [0.5, 0.6) is 11.5 Å². The molecule has 2 rings (SSSR count). The number of allylic oxidation sites excluding steroid dienone is 1. The fourth-order valence-electron chi connectivity index (χ4n) is 1.78. The first kappa shape index (κ1) is 13.1. The number of phenolic OH excluding ortho intramolecular Hbond substituents is 1. The van der Waals surface area contributed by atoms with Crippen molar-refractivity contribution in [1.82, 2.24) is 0 Å². The summed E-state index contributed by atoms with van der Waals surface area (Å²) in [6.07, 6.45) is 4.03. The minimum Gasteiger partial charge on any atom is -0.508 e. The number of benzene rings is 2. The van der Waals surface area contributed by atoms with Gasteiger partial charge in [0.1, 0.15) is 17.3 Å². The maximum atomic E-state index is 13.4. The van der Waals surface area contributed by atoms with Gasteiger partial charge in [-0.2, -0.15) is 0 Å². The van der Waals surface area contributed by atoms with Crippen LogP contribution in [0.3, 0.4) is 0 Å². The van der Waals surface area contributed by atoms with Crippen molar-refractivity contribution < 1.29 is 14.2 Å². The van der Waals surface area contributed by atoms with E-state index in [0.717, 1.165) is 5.56 Å². The van der Waals surface area contributed by atoms with Gasteiger partial charge in [-0.1, -0.05) is 30.4 Å². The zero-order chi connectivity index (χ0) is 13.7. The Bertz CT molecular complexity index is 591. The molecule has 0 unspecified atom stereocenters. The van der Waals surface area contributed by atoms with Gasteiger partial charge < -0.3 is 9.84 Å². The molecule has 0 heterocycles. The second-order valence-corrected chi connectivity index (χ2v) is 4.12. The molecule has 0 aliphatic heterocycles. The van der Waals surface area contributed by atoms with Crippen molar-refractivity contribution in [1.29, 1.82) is 0 Å². The molecule has 0 spiro atoms. The van der Waals surface area contributed by atoms with E-state index in [-0.39, 0.29) is 11.6 Å². The second-order valence-electron chi connectivity index (χ2n) is 4.12. The van der Waals surface area contributed by atoms with Crippen molar-refractivity contribution in [2.45, 2.75) is 6.42 Å². The highest BCUT2D eigenvalue weighted by atomic mass is 19.1. The summed E-state index contributed by atoms with van der Waals surface area (Å²) in [7, 11) is 1.57. The van der Waals surface area contributed by atoms with Crippen LogP contribution in [0.4, 0.5) is 4.39 Å². The fourth-order valence-corrected chi connectivity index (χ4v) is 1.78. The molecule has 0 radical (unpaired) electrons. The topological polar surface area (TPSA) is 29.5 Å². The minimum atomic E-state index is -0.256. The molecule has 0 amide bonds. The highest BCUT2D eigenvalue weighted by molar-refractivity contribution is 5.51.